The lowest BCUT2D eigenvalue weighted by molar-refractivity contribution is 0.319. The average Bonchev–Trinajstić information content (AvgIpc) is 2.65. The molecule has 0 fully saturated rings. The zero-order chi connectivity index (χ0) is 18.5. The maximum atomic E-state index is 10.1. The molecule has 134 valence electrons. The molecule has 0 atom stereocenters. The number of benzene rings is 2. The minimum Gasteiger partial charge on any atom is -0.508 e. The van der Waals surface area contributed by atoms with E-state index in [1.807, 2.05) is 54.4 Å². The predicted octanol–water partition coefficient (Wildman–Crippen LogP) is 3.64. The summed E-state index contributed by atoms with van der Waals surface area (Å²) in [4.78, 5) is 1.99. The van der Waals surface area contributed by atoms with Gasteiger partial charge in [0.05, 0.1) is 6.61 Å². The average molecular weight is 352 g/mol. The topological polar surface area (TPSA) is 85.5 Å². The van der Waals surface area contributed by atoms with Gasteiger partial charge < -0.3 is 25.1 Å². The molecule has 0 aliphatic carbocycles. The standard InChI is InChI=1S/C20H20N2O4/c1-2-26-17-8-5-15(6-9-17)22-11-3-4-14(13-22)20(21-25)18-10-7-16(23)12-19(18)24/h3-10,12-13,23-25H,2,11H2,1H3/b21-20+. The van der Waals surface area contributed by atoms with E-state index in [0.717, 1.165) is 11.4 Å². The molecular weight excluding hydrogens is 332 g/mol. The molecule has 0 saturated carbocycles. The van der Waals surface area contributed by atoms with Crippen LogP contribution in [0.2, 0.25) is 0 Å². The fourth-order valence-corrected chi connectivity index (χ4v) is 2.76. The Morgan fingerprint density at radius 3 is 2.58 bits per heavy atom. The van der Waals surface area contributed by atoms with E-state index in [9.17, 15) is 15.4 Å². The van der Waals surface area contributed by atoms with Gasteiger partial charge in [0.15, 0.2) is 0 Å². The highest BCUT2D eigenvalue weighted by Gasteiger charge is 2.17. The van der Waals surface area contributed by atoms with Crippen molar-refractivity contribution >= 4 is 11.4 Å². The number of allylic oxidation sites excluding steroid dienone is 2. The van der Waals surface area contributed by atoms with Gasteiger partial charge in [0.25, 0.3) is 0 Å². The molecule has 2 aromatic rings. The summed E-state index contributed by atoms with van der Waals surface area (Å²) in [5.41, 5.74) is 2.14. The molecule has 6 nitrogen and oxygen atoms in total. The van der Waals surface area contributed by atoms with Crippen molar-refractivity contribution in [1.29, 1.82) is 0 Å². The minimum atomic E-state index is -0.162. The summed E-state index contributed by atoms with van der Waals surface area (Å²) in [5, 5.41) is 32.3. The molecule has 0 spiro atoms. The lowest BCUT2D eigenvalue weighted by atomic mass is 10.00. The highest BCUT2D eigenvalue weighted by molar-refractivity contribution is 6.15. The van der Waals surface area contributed by atoms with Crippen LogP contribution in [0.25, 0.3) is 0 Å². The van der Waals surface area contributed by atoms with Gasteiger partial charge in [-0.1, -0.05) is 17.3 Å². The monoisotopic (exact) mass is 352 g/mol. The normalized spacial score (nSPS) is 14.3. The Bertz CT molecular complexity index is 870. The maximum absolute atomic E-state index is 10.1. The van der Waals surface area contributed by atoms with Gasteiger partial charge in [-0.05, 0) is 43.3 Å². The molecule has 3 N–H and O–H groups in total. The van der Waals surface area contributed by atoms with Crippen molar-refractivity contribution in [3.8, 4) is 17.2 Å². The van der Waals surface area contributed by atoms with Gasteiger partial charge in [-0.15, -0.1) is 0 Å². The quantitative estimate of drug-likeness (QED) is 0.435. The number of aromatic hydroxyl groups is 2. The Labute approximate surface area is 151 Å². The van der Waals surface area contributed by atoms with Crippen LogP contribution in [0.3, 0.4) is 0 Å². The van der Waals surface area contributed by atoms with Crippen LogP contribution < -0.4 is 9.64 Å². The van der Waals surface area contributed by atoms with E-state index in [1.54, 1.807) is 0 Å². The van der Waals surface area contributed by atoms with Crippen LogP contribution in [-0.2, 0) is 0 Å². The highest BCUT2D eigenvalue weighted by Crippen LogP contribution is 2.28. The first-order chi connectivity index (χ1) is 12.6. The summed E-state index contributed by atoms with van der Waals surface area (Å²) < 4.78 is 5.46. The van der Waals surface area contributed by atoms with Gasteiger partial charge in [-0.25, -0.2) is 0 Å². The van der Waals surface area contributed by atoms with E-state index in [-0.39, 0.29) is 17.2 Å². The fraction of sp³-hybridized carbons (Fsp3) is 0.150. The van der Waals surface area contributed by atoms with Gasteiger partial charge in [0.1, 0.15) is 23.0 Å². The number of hydrogen-bond donors (Lipinski definition) is 3. The molecule has 26 heavy (non-hydrogen) atoms. The van der Waals surface area contributed by atoms with Gasteiger partial charge in [-0.3, -0.25) is 0 Å². The summed E-state index contributed by atoms with van der Waals surface area (Å²) in [6, 6.07) is 11.8. The SMILES string of the molecule is CCOc1ccc(N2C=C(/C(=N\O)c3ccc(O)cc3O)C=CC2)cc1. The third-order valence-electron chi connectivity index (χ3n) is 3.98. The molecule has 1 heterocycles. The molecule has 2 aromatic carbocycles. The Morgan fingerprint density at radius 1 is 1.15 bits per heavy atom. The van der Waals surface area contributed by atoms with E-state index < -0.39 is 0 Å². The number of rotatable bonds is 5. The van der Waals surface area contributed by atoms with Crippen molar-refractivity contribution in [3.05, 3.63) is 72.0 Å². The third kappa shape index (κ3) is 3.64. The summed E-state index contributed by atoms with van der Waals surface area (Å²) in [6.45, 7) is 3.22. The lowest BCUT2D eigenvalue weighted by Crippen LogP contribution is -2.21. The van der Waals surface area contributed by atoms with Crippen LogP contribution in [0.1, 0.15) is 12.5 Å². The van der Waals surface area contributed by atoms with Crippen LogP contribution in [0, 0.1) is 0 Å². The lowest BCUT2D eigenvalue weighted by Gasteiger charge is -2.24. The van der Waals surface area contributed by atoms with Gasteiger partial charge in [-0.2, -0.15) is 0 Å². The molecule has 0 saturated heterocycles. The molecule has 1 aliphatic heterocycles. The van der Waals surface area contributed by atoms with Crippen molar-refractivity contribution in [2.75, 3.05) is 18.1 Å². The molecule has 0 radical (unpaired) electrons. The van der Waals surface area contributed by atoms with Crippen molar-refractivity contribution < 1.29 is 20.2 Å². The second kappa shape index (κ2) is 7.65. The van der Waals surface area contributed by atoms with Gasteiger partial charge in [0.2, 0.25) is 0 Å². The van der Waals surface area contributed by atoms with Crippen LogP contribution in [0.5, 0.6) is 17.2 Å². The van der Waals surface area contributed by atoms with Crippen LogP contribution in [0.4, 0.5) is 5.69 Å². The Kier molecular flexibility index (Phi) is 5.12. The van der Waals surface area contributed by atoms with Crippen LogP contribution in [0.15, 0.2) is 71.5 Å². The number of nitrogens with zero attached hydrogens (tertiary/aromatic N) is 2. The maximum Gasteiger partial charge on any atom is 0.128 e. The zero-order valence-electron chi connectivity index (χ0n) is 14.3. The Balaban J connectivity index is 1.90. The van der Waals surface area contributed by atoms with Gasteiger partial charge in [0, 0.05) is 35.6 Å². The Morgan fingerprint density at radius 2 is 1.92 bits per heavy atom. The van der Waals surface area contributed by atoms with E-state index in [1.165, 1.54) is 18.2 Å². The molecule has 0 aromatic heterocycles. The molecule has 0 unspecified atom stereocenters. The predicted molar refractivity (Wildman–Crippen MR) is 100 cm³/mol. The second-order valence-corrected chi connectivity index (χ2v) is 5.72. The fourth-order valence-electron chi connectivity index (χ4n) is 2.76. The third-order valence-corrected chi connectivity index (χ3v) is 3.98. The molecule has 0 amide bonds. The summed E-state index contributed by atoms with van der Waals surface area (Å²) in [7, 11) is 0. The summed E-state index contributed by atoms with van der Waals surface area (Å²) in [6.07, 6.45) is 5.61. The number of oxime groups is 1. The van der Waals surface area contributed by atoms with E-state index >= 15 is 0 Å². The van der Waals surface area contributed by atoms with E-state index in [4.69, 9.17) is 4.74 Å². The Hall–Kier alpha value is -3.41. The molecule has 1 aliphatic rings. The number of phenols is 2. The minimum absolute atomic E-state index is 0.0623. The number of phenolic OH excluding ortho intramolecular Hbond substituents is 2. The second-order valence-electron chi connectivity index (χ2n) is 5.72. The number of ether oxygens (including phenoxy) is 1. The first-order valence-corrected chi connectivity index (χ1v) is 8.25. The number of hydrogen-bond acceptors (Lipinski definition) is 6. The van der Waals surface area contributed by atoms with Crippen LogP contribution in [-0.4, -0.2) is 34.3 Å². The molecule has 6 heteroatoms. The molecule has 0 bridgehead atoms. The van der Waals surface area contributed by atoms with Gasteiger partial charge >= 0.3 is 0 Å². The number of anilines is 1. The van der Waals surface area contributed by atoms with E-state index in [2.05, 4.69) is 5.16 Å². The van der Waals surface area contributed by atoms with Crippen molar-refractivity contribution in [3.63, 3.8) is 0 Å². The highest BCUT2D eigenvalue weighted by atomic mass is 16.5. The van der Waals surface area contributed by atoms with Crippen molar-refractivity contribution in [2.45, 2.75) is 6.92 Å². The summed E-state index contributed by atoms with van der Waals surface area (Å²) >= 11 is 0. The molecular formula is C20H20N2O4. The summed E-state index contributed by atoms with van der Waals surface area (Å²) in [5.74, 6) is 0.581. The first-order valence-electron chi connectivity index (χ1n) is 8.25. The first kappa shape index (κ1) is 17.4. The van der Waals surface area contributed by atoms with E-state index in [0.29, 0.717) is 24.3 Å². The zero-order valence-corrected chi connectivity index (χ0v) is 14.3. The van der Waals surface area contributed by atoms with Crippen molar-refractivity contribution in [2.24, 2.45) is 5.16 Å². The van der Waals surface area contributed by atoms with Crippen molar-refractivity contribution in [1.82, 2.24) is 0 Å². The smallest absolute Gasteiger partial charge is 0.128 e. The molecule has 3 rings (SSSR count). The largest absolute Gasteiger partial charge is 0.508 e. The van der Waals surface area contributed by atoms with Crippen LogP contribution >= 0.6 is 0 Å².